The number of nitro benzene ring substituents is 1. The highest BCUT2D eigenvalue weighted by Crippen LogP contribution is 2.32. The Morgan fingerprint density at radius 3 is 2.80 bits per heavy atom. The Morgan fingerprint density at radius 2 is 2.07 bits per heavy atom. The fraction of sp³-hybridized carbons (Fsp3) is 0.0500. The van der Waals surface area contributed by atoms with E-state index >= 15 is 0 Å². The summed E-state index contributed by atoms with van der Waals surface area (Å²) < 4.78 is 10.6. The van der Waals surface area contributed by atoms with Crippen LogP contribution in [0.5, 0.6) is 5.75 Å². The number of carbonyl (C=O) groups excluding carboxylic acids is 1. The number of hydrogen-bond acceptors (Lipinski definition) is 7. The first-order valence-electron chi connectivity index (χ1n) is 8.61. The molecule has 4 aromatic rings. The molecule has 10 heteroatoms. The van der Waals surface area contributed by atoms with Crippen LogP contribution in [0.2, 0.25) is 5.02 Å². The third-order valence-electron chi connectivity index (χ3n) is 4.26. The molecule has 2 aromatic heterocycles. The van der Waals surface area contributed by atoms with Crippen molar-refractivity contribution in [3.63, 3.8) is 0 Å². The highest BCUT2D eigenvalue weighted by atomic mass is 35.5. The van der Waals surface area contributed by atoms with Crippen LogP contribution in [0.4, 0.5) is 11.4 Å². The summed E-state index contributed by atoms with van der Waals surface area (Å²) in [6.07, 6.45) is 1.60. The number of carbonyl (C=O) groups is 1. The molecule has 30 heavy (non-hydrogen) atoms. The van der Waals surface area contributed by atoms with E-state index in [4.69, 9.17) is 20.8 Å². The SMILES string of the molecule is COc1ccc(C(=O)Nc2ccc(Cl)c(-c3nc4ncccc4o3)c2)cc1[N+](=O)[O-]. The molecule has 0 atom stereocenters. The highest BCUT2D eigenvalue weighted by Gasteiger charge is 2.19. The van der Waals surface area contributed by atoms with Crippen LogP contribution < -0.4 is 10.1 Å². The van der Waals surface area contributed by atoms with E-state index in [-0.39, 0.29) is 22.9 Å². The molecular weight excluding hydrogens is 412 g/mol. The van der Waals surface area contributed by atoms with Gasteiger partial charge in [0.1, 0.15) is 0 Å². The number of ether oxygens (including phenoxy) is 1. The smallest absolute Gasteiger partial charge is 0.311 e. The number of nitrogens with zero attached hydrogens (tertiary/aromatic N) is 3. The number of nitrogens with one attached hydrogen (secondary N) is 1. The quantitative estimate of drug-likeness (QED) is 0.363. The number of pyridine rings is 1. The first kappa shape index (κ1) is 19.3. The van der Waals surface area contributed by atoms with Gasteiger partial charge in [0.25, 0.3) is 5.91 Å². The molecule has 0 aliphatic rings. The second kappa shape index (κ2) is 7.80. The lowest BCUT2D eigenvalue weighted by atomic mass is 10.1. The molecule has 0 saturated carbocycles. The minimum Gasteiger partial charge on any atom is -0.490 e. The molecule has 4 rings (SSSR count). The van der Waals surface area contributed by atoms with Crippen molar-refractivity contribution in [2.45, 2.75) is 0 Å². The van der Waals surface area contributed by atoms with Crippen molar-refractivity contribution in [3.8, 4) is 17.2 Å². The average molecular weight is 425 g/mol. The molecule has 0 saturated heterocycles. The van der Waals surface area contributed by atoms with Gasteiger partial charge in [-0.1, -0.05) is 11.6 Å². The predicted molar refractivity (Wildman–Crippen MR) is 110 cm³/mol. The Bertz CT molecular complexity index is 1250. The summed E-state index contributed by atoms with van der Waals surface area (Å²) in [5.74, 6) is -0.215. The Hall–Kier alpha value is -3.98. The van der Waals surface area contributed by atoms with Gasteiger partial charge in [0.2, 0.25) is 5.89 Å². The zero-order chi connectivity index (χ0) is 21.3. The summed E-state index contributed by atoms with van der Waals surface area (Å²) in [6, 6.07) is 12.2. The van der Waals surface area contributed by atoms with Gasteiger partial charge < -0.3 is 14.5 Å². The standard InChI is InChI=1S/C20H13ClN4O5/c1-29-16-7-4-11(9-15(16)25(27)28)19(26)23-12-5-6-14(21)13(10-12)20-24-18-17(30-20)3-2-8-22-18/h2-10H,1H3,(H,23,26). The van der Waals surface area contributed by atoms with Gasteiger partial charge in [-0.3, -0.25) is 14.9 Å². The van der Waals surface area contributed by atoms with Crippen LogP contribution in [0.1, 0.15) is 10.4 Å². The van der Waals surface area contributed by atoms with E-state index < -0.39 is 10.8 Å². The molecule has 0 bridgehead atoms. The van der Waals surface area contributed by atoms with E-state index in [2.05, 4.69) is 15.3 Å². The zero-order valence-electron chi connectivity index (χ0n) is 15.5. The van der Waals surface area contributed by atoms with Crippen molar-refractivity contribution in [2.75, 3.05) is 12.4 Å². The molecule has 9 nitrogen and oxygen atoms in total. The summed E-state index contributed by atoms with van der Waals surface area (Å²) in [7, 11) is 1.32. The van der Waals surface area contributed by atoms with Gasteiger partial charge in [-0.05, 0) is 42.5 Å². The number of rotatable bonds is 5. The molecule has 2 heterocycles. The van der Waals surface area contributed by atoms with Crippen LogP contribution in [-0.2, 0) is 0 Å². The van der Waals surface area contributed by atoms with Crippen molar-refractivity contribution >= 4 is 40.1 Å². The predicted octanol–water partition coefficient (Wildman–Crippen LogP) is 4.71. The minimum atomic E-state index is -0.614. The average Bonchev–Trinajstić information content (AvgIpc) is 3.18. The molecule has 150 valence electrons. The van der Waals surface area contributed by atoms with E-state index in [9.17, 15) is 14.9 Å². The lowest BCUT2D eigenvalue weighted by molar-refractivity contribution is -0.385. The summed E-state index contributed by atoms with van der Waals surface area (Å²) >= 11 is 6.28. The Labute approximate surface area is 174 Å². The van der Waals surface area contributed by atoms with Crippen LogP contribution in [0.15, 0.2) is 59.1 Å². The largest absolute Gasteiger partial charge is 0.490 e. The summed E-state index contributed by atoms with van der Waals surface area (Å²) in [4.78, 5) is 31.6. The number of benzene rings is 2. The molecule has 2 aromatic carbocycles. The molecule has 1 amide bonds. The zero-order valence-corrected chi connectivity index (χ0v) is 16.2. The first-order valence-corrected chi connectivity index (χ1v) is 8.99. The third-order valence-corrected chi connectivity index (χ3v) is 4.59. The second-order valence-corrected chi connectivity index (χ2v) is 6.54. The molecular formula is C20H13ClN4O5. The summed E-state index contributed by atoms with van der Waals surface area (Å²) in [5.41, 5.74) is 1.61. The lowest BCUT2D eigenvalue weighted by Crippen LogP contribution is -2.12. The Balaban J connectivity index is 1.64. The number of aromatic nitrogens is 2. The number of fused-ring (bicyclic) bond motifs is 1. The number of methoxy groups -OCH3 is 1. The van der Waals surface area contributed by atoms with E-state index in [1.807, 2.05) is 0 Å². The fourth-order valence-corrected chi connectivity index (χ4v) is 3.03. The van der Waals surface area contributed by atoms with Gasteiger partial charge in [-0.25, -0.2) is 4.98 Å². The molecule has 0 aliphatic carbocycles. The van der Waals surface area contributed by atoms with Crippen LogP contribution in [0.3, 0.4) is 0 Å². The third kappa shape index (κ3) is 3.65. The van der Waals surface area contributed by atoms with E-state index in [0.29, 0.717) is 27.5 Å². The number of amides is 1. The number of hydrogen-bond donors (Lipinski definition) is 1. The van der Waals surface area contributed by atoms with Gasteiger partial charge in [-0.15, -0.1) is 0 Å². The Morgan fingerprint density at radius 1 is 1.23 bits per heavy atom. The van der Waals surface area contributed by atoms with Crippen molar-refractivity contribution in [3.05, 3.63) is 75.4 Å². The topological polar surface area (TPSA) is 120 Å². The fourth-order valence-electron chi connectivity index (χ4n) is 2.83. The molecule has 0 radical (unpaired) electrons. The van der Waals surface area contributed by atoms with Gasteiger partial charge in [0.05, 0.1) is 22.6 Å². The number of nitro groups is 1. The van der Waals surface area contributed by atoms with Crippen molar-refractivity contribution in [1.82, 2.24) is 9.97 Å². The van der Waals surface area contributed by atoms with Gasteiger partial charge in [0.15, 0.2) is 17.0 Å². The first-order chi connectivity index (χ1) is 14.5. The van der Waals surface area contributed by atoms with Crippen molar-refractivity contribution < 1.29 is 18.9 Å². The highest BCUT2D eigenvalue weighted by molar-refractivity contribution is 6.33. The molecule has 0 spiro atoms. The minimum absolute atomic E-state index is 0.0647. The Kier molecular flexibility index (Phi) is 5.03. The normalized spacial score (nSPS) is 10.7. The van der Waals surface area contributed by atoms with Crippen LogP contribution in [0, 0.1) is 10.1 Å². The van der Waals surface area contributed by atoms with Gasteiger partial charge in [0, 0.05) is 23.5 Å². The van der Waals surface area contributed by atoms with Crippen LogP contribution in [-0.4, -0.2) is 27.9 Å². The van der Waals surface area contributed by atoms with E-state index in [1.54, 1.807) is 36.5 Å². The maximum absolute atomic E-state index is 12.6. The molecule has 0 fully saturated rings. The summed E-state index contributed by atoms with van der Waals surface area (Å²) in [5, 5.41) is 14.2. The van der Waals surface area contributed by atoms with Crippen molar-refractivity contribution in [2.24, 2.45) is 0 Å². The monoisotopic (exact) mass is 424 g/mol. The molecule has 1 N–H and O–H groups in total. The van der Waals surface area contributed by atoms with Gasteiger partial charge >= 0.3 is 5.69 Å². The van der Waals surface area contributed by atoms with E-state index in [1.165, 1.54) is 19.2 Å². The molecule has 0 aliphatic heterocycles. The number of halogens is 1. The van der Waals surface area contributed by atoms with Crippen LogP contribution in [0.25, 0.3) is 22.7 Å². The summed E-state index contributed by atoms with van der Waals surface area (Å²) in [6.45, 7) is 0. The van der Waals surface area contributed by atoms with Gasteiger partial charge in [-0.2, -0.15) is 4.98 Å². The number of anilines is 1. The number of oxazole rings is 1. The molecule has 0 unspecified atom stereocenters. The maximum Gasteiger partial charge on any atom is 0.311 e. The maximum atomic E-state index is 12.6. The lowest BCUT2D eigenvalue weighted by Gasteiger charge is -2.08. The van der Waals surface area contributed by atoms with E-state index in [0.717, 1.165) is 6.07 Å². The van der Waals surface area contributed by atoms with Crippen molar-refractivity contribution in [1.29, 1.82) is 0 Å². The second-order valence-electron chi connectivity index (χ2n) is 6.14. The van der Waals surface area contributed by atoms with Crippen LogP contribution >= 0.6 is 11.6 Å².